The molecule has 0 unspecified atom stereocenters. The van der Waals surface area contributed by atoms with Crippen molar-refractivity contribution < 1.29 is 19.4 Å². The first-order chi connectivity index (χ1) is 12.6. The number of aliphatic hydroxyl groups excluding tert-OH is 1. The average molecular weight is 354 g/mol. The van der Waals surface area contributed by atoms with E-state index in [1.165, 1.54) is 0 Å². The number of aliphatic hydroxyl groups is 1. The minimum Gasteiger partial charge on any atom is -0.493 e. The lowest BCUT2D eigenvalue weighted by Gasteiger charge is -2.15. The lowest BCUT2D eigenvalue weighted by atomic mass is 10.1. The third-order valence-corrected chi connectivity index (χ3v) is 4.25. The number of carbonyl (C=O) groups excluding carboxylic acids is 1. The van der Waals surface area contributed by atoms with Crippen LogP contribution < -0.4 is 14.8 Å². The van der Waals surface area contributed by atoms with Crippen molar-refractivity contribution in [3.63, 3.8) is 0 Å². The number of methoxy groups -OCH3 is 2. The summed E-state index contributed by atoms with van der Waals surface area (Å²) in [6, 6.07) is 14.7. The zero-order valence-electron chi connectivity index (χ0n) is 14.8. The largest absolute Gasteiger partial charge is 0.493 e. The molecule has 136 valence electrons. The second kappa shape index (κ2) is 7.93. The number of amides is 1. The van der Waals surface area contributed by atoms with Crippen LogP contribution in [0.2, 0.25) is 0 Å². The normalized spacial score (nSPS) is 12.0. The summed E-state index contributed by atoms with van der Waals surface area (Å²) >= 11 is 0. The molecule has 2 aromatic carbocycles. The van der Waals surface area contributed by atoms with Crippen LogP contribution in [0.5, 0.6) is 11.5 Å². The Hall–Kier alpha value is -2.99. The van der Waals surface area contributed by atoms with Crippen LogP contribution in [0.1, 0.15) is 16.1 Å². The Labute approximate surface area is 151 Å². The maximum atomic E-state index is 12.6. The van der Waals surface area contributed by atoms with Crippen molar-refractivity contribution in [1.29, 1.82) is 0 Å². The van der Waals surface area contributed by atoms with Crippen molar-refractivity contribution in [3.8, 4) is 11.5 Å². The number of aromatic amines is 1. The van der Waals surface area contributed by atoms with Crippen LogP contribution in [0.3, 0.4) is 0 Å². The first kappa shape index (κ1) is 17.8. The van der Waals surface area contributed by atoms with Crippen LogP contribution in [-0.2, 0) is 6.42 Å². The molecule has 1 atom stereocenters. The predicted octanol–water partition coefficient (Wildman–Crippen LogP) is 2.52. The quantitative estimate of drug-likeness (QED) is 0.609. The van der Waals surface area contributed by atoms with Crippen LogP contribution in [0, 0.1) is 0 Å². The zero-order valence-corrected chi connectivity index (χ0v) is 14.8. The number of rotatable bonds is 7. The molecule has 0 aliphatic heterocycles. The van der Waals surface area contributed by atoms with Crippen molar-refractivity contribution in [2.24, 2.45) is 0 Å². The summed E-state index contributed by atoms with van der Waals surface area (Å²) < 4.78 is 10.6. The molecule has 6 nitrogen and oxygen atoms in total. The van der Waals surface area contributed by atoms with E-state index in [-0.39, 0.29) is 18.6 Å². The van der Waals surface area contributed by atoms with E-state index in [1.54, 1.807) is 26.4 Å². The van der Waals surface area contributed by atoms with E-state index in [0.29, 0.717) is 23.6 Å². The van der Waals surface area contributed by atoms with Gasteiger partial charge in [0, 0.05) is 17.0 Å². The van der Waals surface area contributed by atoms with E-state index in [4.69, 9.17) is 9.47 Å². The SMILES string of the molecule is COc1cc2cc(C(=O)N[C@H](CO)Cc3ccccc3)[nH]c2cc1OC. The first-order valence-electron chi connectivity index (χ1n) is 8.35. The number of ether oxygens (including phenoxy) is 2. The van der Waals surface area contributed by atoms with E-state index < -0.39 is 0 Å². The summed E-state index contributed by atoms with van der Waals surface area (Å²) in [5.41, 5.74) is 2.25. The van der Waals surface area contributed by atoms with Crippen LogP contribution in [0.15, 0.2) is 48.5 Å². The molecule has 0 saturated heterocycles. The molecular formula is C20H22N2O4. The molecule has 0 fully saturated rings. The summed E-state index contributed by atoms with van der Waals surface area (Å²) in [6.45, 7) is -0.136. The van der Waals surface area contributed by atoms with E-state index in [0.717, 1.165) is 16.5 Å². The topological polar surface area (TPSA) is 83.6 Å². The Balaban J connectivity index is 1.78. The Morgan fingerprint density at radius 3 is 2.46 bits per heavy atom. The summed E-state index contributed by atoms with van der Waals surface area (Å²) in [5, 5.41) is 13.3. The minimum absolute atomic E-state index is 0.136. The Bertz CT molecular complexity index is 848. The molecule has 1 aromatic heterocycles. The third kappa shape index (κ3) is 3.81. The van der Waals surface area contributed by atoms with Crippen LogP contribution in [0.25, 0.3) is 10.9 Å². The van der Waals surface area contributed by atoms with Crippen molar-refractivity contribution in [1.82, 2.24) is 10.3 Å². The van der Waals surface area contributed by atoms with Gasteiger partial charge in [-0.15, -0.1) is 0 Å². The lowest BCUT2D eigenvalue weighted by molar-refractivity contribution is 0.0912. The molecule has 0 aliphatic rings. The molecule has 0 aliphatic carbocycles. The fraction of sp³-hybridized carbons (Fsp3) is 0.250. The number of aromatic nitrogens is 1. The Morgan fingerprint density at radius 2 is 1.81 bits per heavy atom. The number of fused-ring (bicyclic) bond motifs is 1. The molecule has 0 bridgehead atoms. The first-order valence-corrected chi connectivity index (χ1v) is 8.35. The van der Waals surface area contributed by atoms with Crippen molar-refractivity contribution in [3.05, 3.63) is 59.8 Å². The van der Waals surface area contributed by atoms with Gasteiger partial charge in [0.1, 0.15) is 5.69 Å². The summed E-state index contributed by atoms with van der Waals surface area (Å²) in [6.07, 6.45) is 0.560. The molecule has 3 N–H and O–H groups in total. The van der Waals surface area contributed by atoms with Gasteiger partial charge in [0.2, 0.25) is 0 Å². The Morgan fingerprint density at radius 1 is 1.12 bits per heavy atom. The molecule has 26 heavy (non-hydrogen) atoms. The second-order valence-electron chi connectivity index (χ2n) is 6.02. The number of benzene rings is 2. The number of carbonyl (C=O) groups is 1. The van der Waals surface area contributed by atoms with Crippen LogP contribution in [-0.4, -0.2) is 42.9 Å². The highest BCUT2D eigenvalue weighted by atomic mass is 16.5. The van der Waals surface area contributed by atoms with Crippen molar-refractivity contribution in [2.45, 2.75) is 12.5 Å². The zero-order chi connectivity index (χ0) is 18.5. The lowest BCUT2D eigenvalue weighted by Crippen LogP contribution is -2.39. The standard InChI is InChI=1S/C20H22N2O4/c1-25-18-10-14-9-17(22-16(14)11-19(18)26-2)20(24)21-15(12-23)8-13-6-4-3-5-7-13/h3-7,9-11,15,22-23H,8,12H2,1-2H3,(H,21,24)/t15-/m0/s1. The predicted molar refractivity (Wildman–Crippen MR) is 99.9 cm³/mol. The average Bonchev–Trinajstić information content (AvgIpc) is 3.10. The smallest absolute Gasteiger partial charge is 0.268 e. The fourth-order valence-corrected chi connectivity index (χ4v) is 2.90. The molecule has 0 saturated carbocycles. The van der Waals surface area contributed by atoms with Gasteiger partial charge >= 0.3 is 0 Å². The highest BCUT2D eigenvalue weighted by molar-refractivity contribution is 5.98. The maximum absolute atomic E-state index is 12.6. The molecule has 1 heterocycles. The summed E-state index contributed by atoms with van der Waals surface area (Å²) in [5.74, 6) is 0.920. The van der Waals surface area contributed by atoms with Gasteiger partial charge in [-0.05, 0) is 24.1 Å². The van der Waals surface area contributed by atoms with E-state index in [1.807, 2.05) is 36.4 Å². The molecule has 6 heteroatoms. The van der Waals surface area contributed by atoms with E-state index >= 15 is 0 Å². The van der Waals surface area contributed by atoms with Crippen molar-refractivity contribution >= 4 is 16.8 Å². The van der Waals surface area contributed by atoms with Gasteiger partial charge in [-0.3, -0.25) is 4.79 Å². The van der Waals surface area contributed by atoms with E-state index in [2.05, 4.69) is 10.3 Å². The molecule has 3 rings (SSSR count). The third-order valence-electron chi connectivity index (χ3n) is 4.25. The Kier molecular flexibility index (Phi) is 5.43. The van der Waals surface area contributed by atoms with Gasteiger partial charge in [0.05, 0.1) is 26.9 Å². The summed E-state index contributed by atoms with van der Waals surface area (Å²) in [4.78, 5) is 15.7. The van der Waals surface area contributed by atoms with Gasteiger partial charge in [-0.2, -0.15) is 0 Å². The number of H-pyrrole nitrogens is 1. The van der Waals surface area contributed by atoms with Gasteiger partial charge in [-0.25, -0.2) is 0 Å². The van der Waals surface area contributed by atoms with Gasteiger partial charge in [0.25, 0.3) is 5.91 Å². The van der Waals surface area contributed by atoms with Crippen LogP contribution in [0.4, 0.5) is 0 Å². The van der Waals surface area contributed by atoms with Gasteiger partial charge in [-0.1, -0.05) is 30.3 Å². The minimum atomic E-state index is -0.361. The van der Waals surface area contributed by atoms with Gasteiger partial charge < -0.3 is 24.9 Å². The molecular weight excluding hydrogens is 332 g/mol. The number of nitrogens with one attached hydrogen (secondary N) is 2. The monoisotopic (exact) mass is 354 g/mol. The highest BCUT2D eigenvalue weighted by Gasteiger charge is 2.17. The summed E-state index contributed by atoms with van der Waals surface area (Å²) in [7, 11) is 3.13. The number of hydrogen-bond acceptors (Lipinski definition) is 4. The number of hydrogen-bond donors (Lipinski definition) is 3. The van der Waals surface area contributed by atoms with E-state index in [9.17, 15) is 9.90 Å². The fourth-order valence-electron chi connectivity index (χ4n) is 2.90. The molecule has 0 radical (unpaired) electrons. The maximum Gasteiger partial charge on any atom is 0.268 e. The molecule has 3 aromatic rings. The van der Waals surface area contributed by atoms with Gasteiger partial charge in [0.15, 0.2) is 11.5 Å². The molecule has 1 amide bonds. The van der Waals surface area contributed by atoms with Crippen molar-refractivity contribution in [2.75, 3.05) is 20.8 Å². The highest BCUT2D eigenvalue weighted by Crippen LogP contribution is 2.32. The van der Waals surface area contributed by atoms with Crippen LogP contribution >= 0.6 is 0 Å². The second-order valence-corrected chi connectivity index (χ2v) is 6.02. The molecule has 0 spiro atoms.